The smallest absolute Gasteiger partial charge is 0.413 e. The molecule has 214 valence electrons. The van der Waals surface area contributed by atoms with Crippen LogP contribution in [-0.4, -0.2) is 57.0 Å². The zero-order valence-electron chi connectivity index (χ0n) is 24.2. The van der Waals surface area contributed by atoms with E-state index in [9.17, 15) is 9.59 Å². The van der Waals surface area contributed by atoms with Gasteiger partial charge in [-0.2, -0.15) is 0 Å². The maximum atomic E-state index is 13.6. The van der Waals surface area contributed by atoms with Gasteiger partial charge >= 0.3 is 6.09 Å². The van der Waals surface area contributed by atoms with E-state index in [-0.39, 0.29) is 11.2 Å². The van der Waals surface area contributed by atoms with Crippen LogP contribution in [0.3, 0.4) is 0 Å². The van der Waals surface area contributed by atoms with Crippen molar-refractivity contribution in [2.45, 2.75) is 58.9 Å². The molecule has 2 aromatic heterocycles. The summed E-state index contributed by atoms with van der Waals surface area (Å²) in [6, 6.07) is 12.4. The van der Waals surface area contributed by atoms with Crippen LogP contribution in [0.25, 0.3) is 16.3 Å². The van der Waals surface area contributed by atoms with Gasteiger partial charge in [0, 0.05) is 24.7 Å². The first-order valence-corrected chi connectivity index (χ1v) is 14.6. The third-order valence-corrected chi connectivity index (χ3v) is 8.25. The summed E-state index contributed by atoms with van der Waals surface area (Å²) in [5.41, 5.74) is 6.51. The summed E-state index contributed by atoms with van der Waals surface area (Å²) >= 11 is 1.28. The zero-order chi connectivity index (χ0) is 29.1. The number of likely N-dealkylation sites (tertiary alicyclic amines) is 1. The fourth-order valence-electron chi connectivity index (χ4n) is 4.96. The Balaban J connectivity index is 1.36. The second-order valence-corrected chi connectivity index (χ2v) is 12.6. The Labute approximate surface area is 244 Å². The van der Waals surface area contributed by atoms with Crippen LogP contribution < -0.4 is 5.32 Å². The van der Waals surface area contributed by atoms with E-state index in [2.05, 4.69) is 69.2 Å². The number of nitrogens with zero attached hydrogens (tertiary/aromatic N) is 5. The van der Waals surface area contributed by atoms with Gasteiger partial charge in [0.05, 0.1) is 23.9 Å². The van der Waals surface area contributed by atoms with Gasteiger partial charge in [-0.25, -0.2) is 14.5 Å². The van der Waals surface area contributed by atoms with Crippen LogP contribution >= 0.6 is 11.3 Å². The topological polar surface area (TPSA) is 102 Å². The number of hydrogen-bond donors (Lipinski definition) is 1. The number of carbonyl (C=O) groups is 2. The maximum Gasteiger partial charge on any atom is 0.413 e. The fourth-order valence-corrected chi connectivity index (χ4v) is 5.71. The molecule has 41 heavy (non-hydrogen) atoms. The molecule has 3 heterocycles. The average molecular weight is 573 g/mol. The quantitative estimate of drug-likeness (QED) is 0.251. The lowest BCUT2D eigenvalue weighted by Crippen LogP contribution is -2.20. The maximum absolute atomic E-state index is 13.6. The minimum absolute atomic E-state index is 0.0495. The number of benzene rings is 2. The van der Waals surface area contributed by atoms with Crippen LogP contribution in [0.2, 0.25) is 0 Å². The third-order valence-electron chi connectivity index (χ3n) is 7.32. The highest BCUT2D eigenvalue weighted by atomic mass is 32.1. The molecule has 1 aliphatic heterocycles. The molecule has 2 aromatic carbocycles. The summed E-state index contributed by atoms with van der Waals surface area (Å²) in [4.78, 5) is 32.5. The molecule has 1 saturated heterocycles. The van der Waals surface area contributed by atoms with Crippen molar-refractivity contribution in [3.63, 3.8) is 0 Å². The lowest BCUT2D eigenvalue weighted by molar-refractivity contribution is 0.0992. The zero-order valence-corrected chi connectivity index (χ0v) is 25.0. The van der Waals surface area contributed by atoms with Crippen LogP contribution in [0, 0.1) is 6.92 Å². The van der Waals surface area contributed by atoms with Crippen LogP contribution in [0.15, 0.2) is 48.8 Å². The molecule has 1 N–H and O–H groups in total. The Bertz CT molecular complexity index is 1560. The molecule has 10 heteroatoms. The number of aromatic nitrogens is 4. The number of methoxy groups -OCH3 is 1. The number of rotatable bonds is 8. The molecule has 0 spiro atoms. The Morgan fingerprint density at radius 2 is 1.85 bits per heavy atom. The van der Waals surface area contributed by atoms with E-state index in [0.29, 0.717) is 17.2 Å². The molecule has 1 fully saturated rings. The van der Waals surface area contributed by atoms with Gasteiger partial charge in [0.15, 0.2) is 10.9 Å². The van der Waals surface area contributed by atoms with Crippen LogP contribution in [0.4, 0.5) is 9.93 Å². The normalized spacial score (nSPS) is 13.9. The van der Waals surface area contributed by atoms with Crippen molar-refractivity contribution >= 4 is 28.3 Å². The number of carbonyl (C=O) groups excluding carboxylic acids is 2. The number of nitrogens with one attached hydrogen (secondary N) is 1. The number of hydrogen-bond acceptors (Lipinski definition) is 8. The Hall–Kier alpha value is -3.89. The second-order valence-electron chi connectivity index (χ2n) is 11.6. The summed E-state index contributed by atoms with van der Waals surface area (Å²) in [6.07, 6.45) is 5.65. The molecule has 0 atom stereocenters. The third kappa shape index (κ3) is 6.89. The van der Waals surface area contributed by atoms with Crippen molar-refractivity contribution in [3.05, 3.63) is 76.6 Å². The SMILES string of the molecule is COC(=O)Nc1ncc(-c2cn(-c3cc(CC(=O)c4cc(CN5CCCC5)cc(C(C)(C)C)c4)ccc3C)nn2)s1. The largest absolute Gasteiger partial charge is 0.453 e. The summed E-state index contributed by atoms with van der Waals surface area (Å²) in [7, 11) is 1.30. The molecule has 0 aliphatic carbocycles. The predicted molar refractivity (Wildman–Crippen MR) is 161 cm³/mol. The van der Waals surface area contributed by atoms with E-state index in [0.717, 1.165) is 46.9 Å². The highest BCUT2D eigenvalue weighted by Crippen LogP contribution is 2.29. The lowest BCUT2D eigenvalue weighted by Gasteiger charge is -2.23. The molecule has 1 aliphatic rings. The molecule has 5 rings (SSSR count). The molecule has 0 bridgehead atoms. The van der Waals surface area contributed by atoms with Crippen LogP contribution in [0.5, 0.6) is 0 Å². The van der Waals surface area contributed by atoms with Gasteiger partial charge in [0.1, 0.15) is 5.69 Å². The summed E-state index contributed by atoms with van der Waals surface area (Å²) in [6.45, 7) is 11.7. The molecular weight excluding hydrogens is 536 g/mol. The number of thiazole rings is 1. The first-order valence-electron chi connectivity index (χ1n) is 13.8. The molecule has 4 aromatic rings. The van der Waals surface area contributed by atoms with E-state index in [1.807, 2.05) is 31.3 Å². The number of anilines is 1. The van der Waals surface area contributed by atoms with Gasteiger partial charge in [0.25, 0.3) is 0 Å². The van der Waals surface area contributed by atoms with Crippen LogP contribution in [0.1, 0.15) is 66.2 Å². The van der Waals surface area contributed by atoms with Gasteiger partial charge in [-0.15, -0.1) is 5.10 Å². The summed E-state index contributed by atoms with van der Waals surface area (Å²) < 4.78 is 6.33. The monoisotopic (exact) mass is 572 g/mol. The van der Waals surface area contributed by atoms with Gasteiger partial charge < -0.3 is 4.74 Å². The number of ether oxygens (including phenoxy) is 1. The second kappa shape index (κ2) is 11.9. The lowest BCUT2D eigenvalue weighted by atomic mass is 9.84. The molecular formula is C31H36N6O3S. The van der Waals surface area contributed by atoms with Crippen molar-refractivity contribution in [2.75, 3.05) is 25.5 Å². The Morgan fingerprint density at radius 1 is 1.07 bits per heavy atom. The molecule has 0 unspecified atom stereocenters. The number of ketones is 1. The van der Waals surface area contributed by atoms with E-state index in [1.54, 1.807) is 10.9 Å². The summed E-state index contributed by atoms with van der Waals surface area (Å²) in [5, 5.41) is 11.6. The highest BCUT2D eigenvalue weighted by molar-refractivity contribution is 7.19. The first kappa shape index (κ1) is 28.6. The van der Waals surface area contributed by atoms with Crippen molar-refractivity contribution in [2.24, 2.45) is 0 Å². The van der Waals surface area contributed by atoms with Gasteiger partial charge in [-0.3, -0.25) is 15.0 Å². The first-order chi connectivity index (χ1) is 19.6. The molecule has 0 saturated carbocycles. The van der Waals surface area contributed by atoms with Crippen LogP contribution in [-0.2, 0) is 23.1 Å². The minimum atomic E-state index is -0.579. The van der Waals surface area contributed by atoms with Crippen molar-refractivity contribution in [3.8, 4) is 16.3 Å². The van der Waals surface area contributed by atoms with Crippen molar-refractivity contribution in [1.82, 2.24) is 24.9 Å². The van der Waals surface area contributed by atoms with E-state index >= 15 is 0 Å². The average Bonchev–Trinajstić information content (AvgIpc) is 3.71. The van der Waals surface area contributed by atoms with Gasteiger partial charge in [-0.05, 0) is 78.7 Å². The minimum Gasteiger partial charge on any atom is -0.453 e. The van der Waals surface area contributed by atoms with Gasteiger partial charge in [-0.1, -0.05) is 55.5 Å². The van der Waals surface area contributed by atoms with Crippen molar-refractivity contribution < 1.29 is 14.3 Å². The molecule has 0 radical (unpaired) electrons. The molecule has 1 amide bonds. The standard InChI is InChI=1S/C31H36N6O3S/c1-20-8-9-21(14-26(20)37-19-25(34-35-37)28-17-32-29(41-28)33-30(39)40-5)15-27(38)23-12-22(18-36-10-6-7-11-36)13-24(16-23)31(2,3)4/h8-9,12-14,16-17,19H,6-7,10-11,15,18H2,1-5H3,(H,32,33,39). The van der Waals surface area contributed by atoms with E-state index in [4.69, 9.17) is 0 Å². The van der Waals surface area contributed by atoms with Crippen molar-refractivity contribution in [1.29, 1.82) is 0 Å². The predicted octanol–water partition coefficient (Wildman–Crippen LogP) is 6.20. The van der Waals surface area contributed by atoms with E-state index < -0.39 is 6.09 Å². The van der Waals surface area contributed by atoms with Gasteiger partial charge in [0.2, 0.25) is 0 Å². The fraction of sp³-hybridized carbons (Fsp3) is 0.387. The molecule has 9 nitrogen and oxygen atoms in total. The highest BCUT2D eigenvalue weighted by Gasteiger charge is 2.20. The Morgan fingerprint density at radius 3 is 2.59 bits per heavy atom. The Kier molecular flexibility index (Phi) is 8.32. The van der Waals surface area contributed by atoms with E-state index in [1.165, 1.54) is 42.4 Å². The number of amides is 1. The summed E-state index contributed by atoms with van der Waals surface area (Å²) in [5.74, 6) is 0.100. The number of aryl methyl sites for hydroxylation is 1. The number of Topliss-reactive ketones (excluding diaryl/α,β-unsaturated/α-hetero) is 1.